The largest absolute Gasteiger partial charge is 0.444 e. The van der Waals surface area contributed by atoms with Crippen LogP contribution in [0, 0.1) is 5.82 Å². The van der Waals surface area contributed by atoms with Crippen LogP contribution in [0.15, 0.2) is 53.4 Å². The molecule has 2 aromatic rings. The van der Waals surface area contributed by atoms with Gasteiger partial charge in [0.25, 0.3) is 0 Å². The first-order valence-corrected chi connectivity index (χ1v) is 12.7. The van der Waals surface area contributed by atoms with Gasteiger partial charge in [0.05, 0.1) is 10.6 Å². The van der Waals surface area contributed by atoms with E-state index in [4.69, 9.17) is 16.3 Å². The first-order chi connectivity index (χ1) is 16.3. The van der Waals surface area contributed by atoms with Gasteiger partial charge in [-0.25, -0.2) is 13.5 Å². The molecule has 2 amide bonds. The van der Waals surface area contributed by atoms with Crippen LogP contribution >= 0.6 is 23.5 Å². The van der Waals surface area contributed by atoms with Gasteiger partial charge in [0.15, 0.2) is 0 Å². The van der Waals surface area contributed by atoms with E-state index in [0.717, 1.165) is 10.5 Å². The highest BCUT2D eigenvalue weighted by Crippen LogP contribution is 2.26. The number of carbonyl (C=O) groups is 2. The van der Waals surface area contributed by atoms with E-state index in [1.54, 1.807) is 44.9 Å². The fourth-order valence-corrected chi connectivity index (χ4v) is 4.21. The number of carbonyl (C=O) groups excluding carboxylic acids is 2. The number of alkyl carbamates (subject to hydrolysis) is 1. The zero-order chi connectivity index (χ0) is 26.1. The standard InChI is InChI=1S/C26H35ClFN3O3S/c1-25(2,3)34-24(33)30-26(4,5)18-29-23(32)12-9-15-31(35-20-10-7-6-8-11-20)17-19-13-14-21(27)22(28)16-19/h6-8,10-11,13-14,16H,9,12,15,17-18H2,1-5H3,(H,29,32)(H,30,33). The maximum absolute atomic E-state index is 13.9. The van der Waals surface area contributed by atoms with Crippen molar-refractivity contribution in [1.82, 2.24) is 14.9 Å². The average molecular weight is 524 g/mol. The first-order valence-electron chi connectivity index (χ1n) is 11.5. The monoisotopic (exact) mass is 523 g/mol. The topological polar surface area (TPSA) is 70.7 Å². The van der Waals surface area contributed by atoms with E-state index in [1.807, 2.05) is 44.2 Å². The highest BCUT2D eigenvalue weighted by atomic mass is 35.5. The number of rotatable bonds is 11. The second-order valence-corrected chi connectivity index (χ2v) is 11.5. The molecular weight excluding hydrogens is 489 g/mol. The fraction of sp³-hybridized carbons (Fsp3) is 0.462. The van der Waals surface area contributed by atoms with Gasteiger partial charge in [-0.05, 0) is 82.8 Å². The molecule has 0 radical (unpaired) electrons. The third kappa shape index (κ3) is 11.8. The van der Waals surface area contributed by atoms with Crippen LogP contribution in [-0.4, -0.2) is 40.5 Å². The summed E-state index contributed by atoms with van der Waals surface area (Å²) in [5.41, 5.74) is -0.453. The Morgan fingerprint density at radius 1 is 1.09 bits per heavy atom. The number of halogens is 2. The van der Waals surface area contributed by atoms with Crippen LogP contribution in [0.1, 0.15) is 53.0 Å². The molecule has 192 valence electrons. The van der Waals surface area contributed by atoms with E-state index in [1.165, 1.54) is 6.07 Å². The van der Waals surface area contributed by atoms with Gasteiger partial charge in [-0.15, -0.1) is 0 Å². The molecule has 2 aromatic carbocycles. The van der Waals surface area contributed by atoms with Crippen molar-refractivity contribution in [3.05, 3.63) is 64.9 Å². The van der Waals surface area contributed by atoms with Crippen molar-refractivity contribution in [2.45, 2.75) is 70.0 Å². The van der Waals surface area contributed by atoms with Crippen molar-refractivity contribution < 1.29 is 18.7 Å². The Bertz CT molecular complexity index is 984. The number of nitrogens with one attached hydrogen (secondary N) is 2. The molecule has 0 spiro atoms. The Kier molecular flexibility index (Phi) is 10.9. The fourth-order valence-electron chi connectivity index (χ4n) is 3.08. The van der Waals surface area contributed by atoms with Crippen molar-refractivity contribution in [3.63, 3.8) is 0 Å². The SMILES string of the molecule is CC(C)(CNC(=O)CCCN(Cc1ccc(Cl)c(F)c1)Sc1ccccc1)NC(=O)OC(C)(C)C. The minimum absolute atomic E-state index is 0.0942. The lowest BCUT2D eigenvalue weighted by molar-refractivity contribution is -0.121. The number of benzene rings is 2. The van der Waals surface area contributed by atoms with Crippen LogP contribution in [0.2, 0.25) is 5.02 Å². The third-order valence-electron chi connectivity index (χ3n) is 4.70. The van der Waals surface area contributed by atoms with Crippen molar-refractivity contribution in [3.8, 4) is 0 Å². The number of nitrogens with zero attached hydrogens (tertiary/aromatic N) is 1. The Morgan fingerprint density at radius 3 is 2.40 bits per heavy atom. The summed E-state index contributed by atoms with van der Waals surface area (Å²) in [4.78, 5) is 25.5. The van der Waals surface area contributed by atoms with Gasteiger partial charge >= 0.3 is 6.09 Å². The molecule has 0 atom stereocenters. The molecule has 6 nitrogen and oxygen atoms in total. The summed E-state index contributed by atoms with van der Waals surface area (Å²) in [5.74, 6) is -0.554. The van der Waals surface area contributed by atoms with E-state index in [0.29, 0.717) is 25.9 Å². The Morgan fingerprint density at radius 2 is 1.77 bits per heavy atom. The van der Waals surface area contributed by atoms with Crippen molar-refractivity contribution >= 4 is 35.5 Å². The van der Waals surface area contributed by atoms with Crippen LogP contribution in [0.5, 0.6) is 0 Å². The van der Waals surface area contributed by atoms with Gasteiger partial charge in [0.1, 0.15) is 11.4 Å². The van der Waals surface area contributed by atoms with Crippen molar-refractivity contribution in [1.29, 1.82) is 0 Å². The quantitative estimate of drug-likeness (QED) is 0.344. The molecule has 0 aliphatic rings. The maximum Gasteiger partial charge on any atom is 0.408 e. The van der Waals surface area contributed by atoms with E-state index < -0.39 is 23.1 Å². The van der Waals surface area contributed by atoms with E-state index in [2.05, 4.69) is 14.9 Å². The Labute approximate surface area is 217 Å². The molecule has 0 aromatic heterocycles. The van der Waals surface area contributed by atoms with Crippen LogP contribution < -0.4 is 10.6 Å². The van der Waals surface area contributed by atoms with E-state index >= 15 is 0 Å². The summed E-state index contributed by atoms with van der Waals surface area (Å²) in [5, 5.41) is 5.75. The van der Waals surface area contributed by atoms with E-state index in [-0.39, 0.29) is 17.5 Å². The molecule has 0 bridgehead atoms. The number of amides is 2. The van der Waals surface area contributed by atoms with E-state index in [9.17, 15) is 14.0 Å². The van der Waals surface area contributed by atoms with Crippen LogP contribution in [0.4, 0.5) is 9.18 Å². The molecule has 0 aliphatic heterocycles. The van der Waals surface area contributed by atoms with Crippen LogP contribution in [0.3, 0.4) is 0 Å². The van der Waals surface area contributed by atoms with Crippen LogP contribution in [-0.2, 0) is 16.1 Å². The summed E-state index contributed by atoms with van der Waals surface area (Å²) >= 11 is 7.37. The lowest BCUT2D eigenvalue weighted by Crippen LogP contribution is -2.52. The zero-order valence-electron chi connectivity index (χ0n) is 21.0. The Balaban J connectivity index is 1.86. The van der Waals surface area contributed by atoms with Gasteiger partial charge < -0.3 is 15.4 Å². The smallest absolute Gasteiger partial charge is 0.408 e. The highest BCUT2D eigenvalue weighted by Gasteiger charge is 2.25. The maximum atomic E-state index is 13.9. The minimum atomic E-state index is -0.661. The number of hydrogen-bond acceptors (Lipinski definition) is 5. The molecule has 0 heterocycles. The predicted molar refractivity (Wildman–Crippen MR) is 140 cm³/mol. The molecule has 0 unspecified atom stereocenters. The Hall–Kier alpha value is -2.29. The number of ether oxygens (including phenoxy) is 1. The lowest BCUT2D eigenvalue weighted by atomic mass is 10.1. The summed E-state index contributed by atoms with van der Waals surface area (Å²) in [7, 11) is 0. The predicted octanol–water partition coefficient (Wildman–Crippen LogP) is 6.19. The molecule has 0 aliphatic carbocycles. The second kappa shape index (κ2) is 13.1. The lowest BCUT2D eigenvalue weighted by Gasteiger charge is -2.29. The minimum Gasteiger partial charge on any atom is -0.444 e. The first kappa shape index (κ1) is 28.9. The van der Waals surface area contributed by atoms with Gasteiger partial charge in [0.2, 0.25) is 5.91 Å². The number of hydrogen-bond donors (Lipinski definition) is 2. The molecule has 2 N–H and O–H groups in total. The molecule has 0 saturated heterocycles. The summed E-state index contributed by atoms with van der Waals surface area (Å²) in [6.45, 7) is 10.4. The summed E-state index contributed by atoms with van der Waals surface area (Å²) in [6.07, 6.45) is 0.411. The summed E-state index contributed by atoms with van der Waals surface area (Å²) < 4.78 is 21.3. The summed E-state index contributed by atoms with van der Waals surface area (Å²) in [6, 6.07) is 14.7. The molecule has 0 fully saturated rings. The van der Waals surface area contributed by atoms with Crippen LogP contribution in [0.25, 0.3) is 0 Å². The van der Waals surface area contributed by atoms with Gasteiger partial charge in [-0.1, -0.05) is 35.9 Å². The average Bonchev–Trinajstić information content (AvgIpc) is 2.74. The van der Waals surface area contributed by atoms with Crippen molar-refractivity contribution in [2.75, 3.05) is 13.1 Å². The van der Waals surface area contributed by atoms with Crippen molar-refractivity contribution in [2.24, 2.45) is 0 Å². The second-order valence-electron chi connectivity index (χ2n) is 9.91. The zero-order valence-corrected chi connectivity index (χ0v) is 22.6. The van der Waals surface area contributed by atoms with Gasteiger partial charge in [-0.2, -0.15) is 0 Å². The molecular formula is C26H35ClFN3O3S. The third-order valence-corrected chi connectivity index (χ3v) is 6.06. The normalized spacial score (nSPS) is 11.9. The van der Waals surface area contributed by atoms with Gasteiger partial charge in [-0.3, -0.25) is 4.79 Å². The molecule has 9 heteroatoms. The molecule has 2 rings (SSSR count). The van der Waals surface area contributed by atoms with Gasteiger partial charge in [0, 0.05) is 31.0 Å². The highest BCUT2D eigenvalue weighted by molar-refractivity contribution is 7.97. The molecule has 0 saturated carbocycles. The molecule has 35 heavy (non-hydrogen) atoms.